The van der Waals surface area contributed by atoms with Crippen LogP contribution in [0.4, 0.5) is 15.9 Å². The van der Waals surface area contributed by atoms with Crippen molar-refractivity contribution in [3.8, 4) is 11.3 Å². The topological polar surface area (TPSA) is 100 Å². The lowest BCUT2D eigenvalue weighted by Gasteiger charge is -2.32. The lowest BCUT2D eigenvalue weighted by molar-refractivity contribution is -0.132. The molecule has 34 heavy (non-hydrogen) atoms. The molecule has 1 atom stereocenters. The Morgan fingerprint density at radius 3 is 2.79 bits per heavy atom. The second-order valence-electron chi connectivity index (χ2n) is 8.21. The molecular weight excluding hydrogens is 435 g/mol. The van der Waals surface area contributed by atoms with Crippen LogP contribution in [-0.2, 0) is 4.79 Å². The molecule has 1 aliphatic heterocycles. The van der Waals surface area contributed by atoms with Crippen molar-refractivity contribution in [1.82, 2.24) is 25.2 Å². The lowest BCUT2D eigenvalue weighted by atomic mass is 9.96. The summed E-state index contributed by atoms with van der Waals surface area (Å²) in [5, 5.41) is 5.75. The van der Waals surface area contributed by atoms with Crippen LogP contribution in [0.5, 0.6) is 0 Å². The van der Waals surface area contributed by atoms with Crippen LogP contribution in [0.3, 0.4) is 0 Å². The molecule has 8 nitrogen and oxygen atoms in total. The number of rotatable bonds is 6. The van der Waals surface area contributed by atoms with Gasteiger partial charge in [-0.05, 0) is 37.1 Å². The number of likely N-dealkylation sites (tertiary alicyclic amines) is 1. The van der Waals surface area contributed by atoms with Crippen molar-refractivity contribution in [2.75, 3.05) is 25.5 Å². The van der Waals surface area contributed by atoms with E-state index in [4.69, 9.17) is 9.97 Å². The Morgan fingerprint density at radius 2 is 2.03 bits per heavy atom. The zero-order chi connectivity index (χ0) is 24.1. The molecule has 2 N–H and O–H groups in total. The molecule has 1 fully saturated rings. The summed E-state index contributed by atoms with van der Waals surface area (Å²) in [4.78, 5) is 40.0. The van der Waals surface area contributed by atoms with Crippen LogP contribution < -0.4 is 10.6 Å². The number of hydrogen-bond donors (Lipinski definition) is 2. The van der Waals surface area contributed by atoms with E-state index in [9.17, 15) is 14.0 Å². The fourth-order valence-corrected chi connectivity index (χ4v) is 4.06. The van der Waals surface area contributed by atoms with Gasteiger partial charge in [-0.3, -0.25) is 14.6 Å². The fourth-order valence-electron chi connectivity index (χ4n) is 4.06. The highest BCUT2D eigenvalue weighted by Crippen LogP contribution is 2.29. The van der Waals surface area contributed by atoms with E-state index in [1.807, 2.05) is 11.8 Å². The molecule has 2 amide bonds. The number of carbonyl (C=O) groups excluding carboxylic acids is 2. The van der Waals surface area contributed by atoms with E-state index in [1.54, 1.807) is 37.5 Å². The van der Waals surface area contributed by atoms with E-state index in [-0.39, 0.29) is 23.5 Å². The van der Waals surface area contributed by atoms with Gasteiger partial charge in [-0.1, -0.05) is 13.0 Å². The molecular formula is C25H27FN6O2. The van der Waals surface area contributed by atoms with E-state index in [0.29, 0.717) is 47.1 Å². The Morgan fingerprint density at radius 1 is 1.18 bits per heavy atom. The van der Waals surface area contributed by atoms with E-state index in [1.165, 1.54) is 18.3 Å². The zero-order valence-corrected chi connectivity index (χ0v) is 19.2. The maximum atomic E-state index is 13.7. The van der Waals surface area contributed by atoms with Crippen LogP contribution in [0.1, 0.15) is 48.3 Å². The maximum Gasteiger partial charge on any atom is 0.252 e. The number of amides is 2. The smallest absolute Gasteiger partial charge is 0.252 e. The first kappa shape index (κ1) is 23.3. The van der Waals surface area contributed by atoms with E-state index >= 15 is 0 Å². The first-order valence-electron chi connectivity index (χ1n) is 11.3. The summed E-state index contributed by atoms with van der Waals surface area (Å²) in [7, 11) is 1.56. The molecule has 4 rings (SSSR count). The normalized spacial score (nSPS) is 15.6. The molecule has 0 aliphatic carbocycles. The summed E-state index contributed by atoms with van der Waals surface area (Å²) < 4.78 is 13.7. The second kappa shape index (κ2) is 10.4. The van der Waals surface area contributed by atoms with Crippen LogP contribution in [0.2, 0.25) is 0 Å². The van der Waals surface area contributed by atoms with Gasteiger partial charge in [-0.15, -0.1) is 0 Å². The summed E-state index contributed by atoms with van der Waals surface area (Å²) in [6.45, 7) is 3.14. The minimum absolute atomic E-state index is 0.0349. The average molecular weight is 463 g/mol. The number of pyridine rings is 1. The van der Waals surface area contributed by atoms with Crippen molar-refractivity contribution in [2.45, 2.75) is 32.1 Å². The van der Waals surface area contributed by atoms with Crippen LogP contribution >= 0.6 is 0 Å². The number of hydrogen-bond acceptors (Lipinski definition) is 6. The predicted molar refractivity (Wildman–Crippen MR) is 127 cm³/mol. The largest absolute Gasteiger partial charge is 0.355 e. The predicted octanol–water partition coefficient (Wildman–Crippen LogP) is 3.90. The highest BCUT2D eigenvalue weighted by Gasteiger charge is 2.26. The SMILES string of the molecule is CCC(=O)N1CCCC(c2nc(Nc3cccc(F)c3)cc(-c3cncc(C(=O)NC)c3)n2)C1. The first-order valence-corrected chi connectivity index (χ1v) is 11.3. The molecule has 0 radical (unpaired) electrons. The summed E-state index contributed by atoms with van der Waals surface area (Å²) in [5.41, 5.74) is 2.21. The fraction of sp³-hybridized carbons (Fsp3) is 0.320. The molecule has 1 aromatic carbocycles. The van der Waals surface area contributed by atoms with Crippen LogP contribution in [0.15, 0.2) is 48.8 Å². The van der Waals surface area contributed by atoms with Crippen molar-refractivity contribution >= 4 is 23.3 Å². The zero-order valence-electron chi connectivity index (χ0n) is 19.2. The summed E-state index contributed by atoms with van der Waals surface area (Å²) in [5.74, 6) is 0.560. The number of aromatic nitrogens is 3. The van der Waals surface area contributed by atoms with Gasteiger partial charge in [-0.25, -0.2) is 14.4 Å². The Bertz CT molecular complexity index is 1200. The first-order chi connectivity index (χ1) is 16.5. The Hall–Kier alpha value is -3.88. The molecule has 9 heteroatoms. The summed E-state index contributed by atoms with van der Waals surface area (Å²) in [6, 6.07) is 9.60. The van der Waals surface area contributed by atoms with E-state index in [2.05, 4.69) is 15.6 Å². The number of piperidine rings is 1. The highest BCUT2D eigenvalue weighted by molar-refractivity contribution is 5.94. The summed E-state index contributed by atoms with van der Waals surface area (Å²) >= 11 is 0. The van der Waals surface area contributed by atoms with Gasteiger partial charge in [0.2, 0.25) is 5.91 Å². The third-order valence-corrected chi connectivity index (χ3v) is 5.81. The van der Waals surface area contributed by atoms with Gasteiger partial charge in [0.05, 0.1) is 11.3 Å². The van der Waals surface area contributed by atoms with Gasteiger partial charge in [0, 0.05) is 62.2 Å². The van der Waals surface area contributed by atoms with Crippen molar-refractivity contribution in [2.24, 2.45) is 0 Å². The third-order valence-electron chi connectivity index (χ3n) is 5.81. The van der Waals surface area contributed by atoms with Crippen molar-refractivity contribution in [1.29, 1.82) is 0 Å². The Balaban J connectivity index is 1.73. The van der Waals surface area contributed by atoms with Gasteiger partial charge < -0.3 is 15.5 Å². The maximum absolute atomic E-state index is 13.7. The van der Waals surface area contributed by atoms with Gasteiger partial charge in [0.25, 0.3) is 5.91 Å². The highest BCUT2D eigenvalue weighted by atomic mass is 19.1. The Labute approximate surface area is 197 Å². The number of carbonyl (C=O) groups is 2. The van der Waals surface area contributed by atoms with Crippen LogP contribution in [0, 0.1) is 5.82 Å². The molecule has 1 aliphatic rings. The molecule has 0 spiro atoms. The molecule has 3 heterocycles. The van der Waals surface area contributed by atoms with Crippen molar-refractivity contribution in [3.05, 3.63) is 66.0 Å². The van der Waals surface area contributed by atoms with Gasteiger partial charge in [0.1, 0.15) is 17.5 Å². The molecule has 1 unspecified atom stereocenters. The van der Waals surface area contributed by atoms with E-state index < -0.39 is 0 Å². The minimum atomic E-state index is -0.358. The van der Waals surface area contributed by atoms with Crippen molar-refractivity contribution in [3.63, 3.8) is 0 Å². The molecule has 0 saturated carbocycles. The van der Waals surface area contributed by atoms with E-state index in [0.717, 1.165) is 19.4 Å². The number of nitrogens with zero attached hydrogens (tertiary/aromatic N) is 4. The standard InChI is InChI=1S/C25H27FN6O2/c1-3-23(33)32-9-5-6-16(15-32)24-30-21(17-10-18(14-28-13-17)25(34)27-2)12-22(31-24)29-20-8-4-7-19(26)11-20/h4,7-8,10-14,16H,3,5-6,9,15H2,1-2H3,(H,27,34)(H,29,30,31). The molecule has 1 saturated heterocycles. The lowest BCUT2D eigenvalue weighted by Crippen LogP contribution is -2.39. The summed E-state index contributed by atoms with van der Waals surface area (Å²) in [6.07, 6.45) is 5.30. The Kier molecular flexibility index (Phi) is 7.10. The number of benzene rings is 1. The van der Waals surface area contributed by atoms with Crippen molar-refractivity contribution < 1.29 is 14.0 Å². The van der Waals surface area contributed by atoms with Crippen LogP contribution in [-0.4, -0.2) is 51.8 Å². The third kappa shape index (κ3) is 5.36. The van der Waals surface area contributed by atoms with Crippen LogP contribution in [0.25, 0.3) is 11.3 Å². The van der Waals surface area contributed by atoms with Gasteiger partial charge >= 0.3 is 0 Å². The quantitative estimate of drug-likeness (QED) is 0.576. The molecule has 0 bridgehead atoms. The van der Waals surface area contributed by atoms with Gasteiger partial charge in [-0.2, -0.15) is 0 Å². The number of anilines is 2. The average Bonchev–Trinajstić information content (AvgIpc) is 2.87. The molecule has 3 aromatic rings. The van der Waals surface area contributed by atoms with Gasteiger partial charge in [0.15, 0.2) is 0 Å². The molecule has 2 aromatic heterocycles. The minimum Gasteiger partial charge on any atom is -0.355 e. The molecule has 176 valence electrons. The number of nitrogens with one attached hydrogen (secondary N) is 2. The second-order valence-corrected chi connectivity index (χ2v) is 8.21. The monoisotopic (exact) mass is 462 g/mol. The number of halogens is 1.